The van der Waals surface area contributed by atoms with Gasteiger partial charge in [0, 0.05) is 8.95 Å². The molecule has 4 rings (SSSR count). The molecule has 1 aromatic heterocycles. The lowest BCUT2D eigenvalue weighted by Gasteiger charge is -2.25. The van der Waals surface area contributed by atoms with Crippen molar-refractivity contribution in [3.8, 4) is 11.5 Å². The average molecular weight is 708 g/mol. The Balaban J connectivity index is 1.91. The topological polar surface area (TPSA) is 105 Å². The molecule has 0 N–H and O–H groups in total. The minimum absolute atomic E-state index is 0.161. The molecule has 1 aliphatic heterocycles. The Bertz CT molecular complexity index is 1700. The van der Waals surface area contributed by atoms with E-state index in [0.717, 1.165) is 20.1 Å². The van der Waals surface area contributed by atoms with Crippen molar-refractivity contribution in [1.82, 2.24) is 4.57 Å². The van der Waals surface area contributed by atoms with Gasteiger partial charge in [-0.2, -0.15) is 0 Å². The Morgan fingerprint density at radius 2 is 1.76 bits per heavy atom. The molecule has 1 aliphatic rings. The number of ether oxygens (including phenoxy) is 4. The first-order valence-electron chi connectivity index (χ1n) is 12.7. The van der Waals surface area contributed by atoms with E-state index < -0.39 is 18.0 Å². The number of esters is 2. The Labute approximate surface area is 257 Å². The summed E-state index contributed by atoms with van der Waals surface area (Å²) in [5.74, 6) is -0.437. The maximum absolute atomic E-state index is 13.9. The van der Waals surface area contributed by atoms with Gasteiger partial charge in [0.05, 0.1) is 42.2 Å². The highest BCUT2D eigenvalue weighted by Crippen LogP contribution is 2.36. The molecule has 0 saturated heterocycles. The SMILES string of the molecule is CCOC(=O)C1=C(C)N=c2s/c(=C/c3cc(Br)c(C)c(Br)c3)c(=O)n2[C@H]1c1ccc(OCC(=O)OC)c(OCC)c1. The van der Waals surface area contributed by atoms with Gasteiger partial charge < -0.3 is 18.9 Å². The number of nitrogens with zero attached hydrogens (tertiary/aromatic N) is 2. The first kappa shape index (κ1) is 30.7. The van der Waals surface area contributed by atoms with Crippen LogP contribution < -0.4 is 24.4 Å². The van der Waals surface area contributed by atoms with Crippen LogP contribution in [-0.2, 0) is 19.1 Å². The lowest BCUT2D eigenvalue weighted by Crippen LogP contribution is -2.40. The number of carbonyl (C=O) groups excluding carboxylic acids is 2. The van der Waals surface area contributed by atoms with Crippen molar-refractivity contribution in [2.45, 2.75) is 33.7 Å². The second-order valence-corrected chi connectivity index (χ2v) is 11.6. The molecule has 2 heterocycles. The van der Waals surface area contributed by atoms with Crippen LogP contribution in [0.3, 0.4) is 0 Å². The molecule has 0 spiro atoms. The summed E-state index contributed by atoms with van der Waals surface area (Å²) in [7, 11) is 1.27. The van der Waals surface area contributed by atoms with Gasteiger partial charge in [-0.15, -0.1) is 0 Å². The molecule has 0 amide bonds. The van der Waals surface area contributed by atoms with E-state index in [-0.39, 0.29) is 24.3 Å². The first-order valence-corrected chi connectivity index (χ1v) is 15.1. The molecule has 216 valence electrons. The molecule has 0 unspecified atom stereocenters. The first-order chi connectivity index (χ1) is 19.6. The van der Waals surface area contributed by atoms with Crippen LogP contribution in [0.4, 0.5) is 0 Å². The quantitative estimate of drug-likeness (QED) is 0.300. The third kappa shape index (κ3) is 6.49. The van der Waals surface area contributed by atoms with Crippen molar-refractivity contribution in [3.05, 3.63) is 86.9 Å². The fourth-order valence-electron chi connectivity index (χ4n) is 4.28. The number of thiazole rings is 1. The normalized spacial score (nSPS) is 14.8. The van der Waals surface area contributed by atoms with E-state index in [2.05, 4.69) is 41.6 Å². The van der Waals surface area contributed by atoms with Gasteiger partial charge in [-0.25, -0.2) is 14.6 Å². The van der Waals surface area contributed by atoms with E-state index in [1.165, 1.54) is 23.0 Å². The highest BCUT2D eigenvalue weighted by molar-refractivity contribution is 9.11. The summed E-state index contributed by atoms with van der Waals surface area (Å²) >= 11 is 8.37. The number of carbonyl (C=O) groups is 2. The molecular weight excluding hydrogens is 680 g/mol. The number of fused-ring (bicyclic) bond motifs is 1. The van der Waals surface area contributed by atoms with Crippen molar-refractivity contribution < 1.29 is 28.5 Å². The lowest BCUT2D eigenvalue weighted by atomic mass is 9.95. The van der Waals surface area contributed by atoms with Crippen molar-refractivity contribution in [1.29, 1.82) is 0 Å². The van der Waals surface area contributed by atoms with E-state index in [0.29, 0.717) is 38.7 Å². The predicted octanol–water partition coefficient (Wildman–Crippen LogP) is 4.58. The average Bonchev–Trinajstić information content (AvgIpc) is 3.24. The zero-order chi connectivity index (χ0) is 29.8. The summed E-state index contributed by atoms with van der Waals surface area (Å²) < 4.78 is 25.2. The van der Waals surface area contributed by atoms with Gasteiger partial charge in [0.1, 0.15) is 0 Å². The lowest BCUT2D eigenvalue weighted by molar-refractivity contribution is -0.143. The third-order valence-electron chi connectivity index (χ3n) is 6.27. The zero-order valence-corrected chi connectivity index (χ0v) is 27.1. The monoisotopic (exact) mass is 706 g/mol. The zero-order valence-electron chi connectivity index (χ0n) is 23.1. The number of aromatic nitrogens is 1. The largest absolute Gasteiger partial charge is 0.490 e. The van der Waals surface area contributed by atoms with E-state index >= 15 is 0 Å². The van der Waals surface area contributed by atoms with Crippen LogP contribution in [0.2, 0.25) is 0 Å². The summed E-state index contributed by atoms with van der Waals surface area (Å²) in [6, 6.07) is 8.10. The van der Waals surface area contributed by atoms with Crippen LogP contribution >= 0.6 is 43.2 Å². The van der Waals surface area contributed by atoms with Crippen LogP contribution in [0.25, 0.3) is 6.08 Å². The molecule has 0 aliphatic carbocycles. The second-order valence-electron chi connectivity index (χ2n) is 8.92. The minimum atomic E-state index is -0.835. The van der Waals surface area contributed by atoms with Crippen molar-refractivity contribution in [3.63, 3.8) is 0 Å². The van der Waals surface area contributed by atoms with Gasteiger partial charge in [0.15, 0.2) is 22.9 Å². The molecule has 0 saturated carbocycles. The van der Waals surface area contributed by atoms with E-state index in [1.807, 2.05) is 26.0 Å². The Morgan fingerprint density at radius 1 is 1.05 bits per heavy atom. The van der Waals surface area contributed by atoms with Crippen LogP contribution in [0.5, 0.6) is 11.5 Å². The van der Waals surface area contributed by atoms with Gasteiger partial charge in [-0.1, -0.05) is 49.3 Å². The highest BCUT2D eigenvalue weighted by Gasteiger charge is 2.34. The molecule has 12 heteroatoms. The molecule has 0 fully saturated rings. The maximum Gasteiger partial charge on any atom is 0.343 e. The van der Waals surface area contributed by atoms with E-state index in [4.69, 9.17) is 14.2 Å². The molecule has 9 nitrogen and oxygen atoms in total. The standard InChI is InChI=1S/C29H28Br2N2O7S/c1-6-38-22-13-18(8-9-21(22)40-14-24(34)37-5)26-25(28(36)39-7-2)16(4)32-29-33(26)27(35)23(41-29)12-17-10-19(30)15(3)20(31)11-17/h8-13,26H,6-7,14H2,1-5H3/b23-12+/t26-/m0/s1. The Kier molecular flexibility index (Phi) is 9.88. The van der Waals surface area contributed by atoms with Gasteiger partial charge in [0.2, 0.25) is 0 Å². The van der Waals surface area contributed by atoms with Crippen molar-refractivity contribution in [2.24, 2.45) is 4.99 Å². The van der Waals surface area contributed by atoms with E-state index in [1.54, 1.807) is 38.1 Å². The number of hydrogen-bond acceptors (Lipinski definition) is 9. The molecule has 2 aromatic carbocycles. The summed E-state index contributed by atoms with van der Waals surface area (Å²) in [5, 5.41) is 0. The fourth-order valence-corrected chi connectivity index (χ4v) is 6.55. The second kappa shape index (κ2) is 13.2. The summed E-state index contributed by atoms with van der Waals surface area (Å²) in [5.41, 5.74) is 2.85. The molecule has 41 heavy (non-hydrogen) atoms. The molecule has 0 bridgehead atoms. The summed E-state index contributed by atoms with van der Waals surface area (Å²) in [6.07, 6.45) is 1.80. The van der Waals surface area contributed by atoms with Gasteiger partial charge in [-0.3, -0.25) is 9.36 Å². The third-order valence-corrected chi connectivity index (χ3v) is 8.90. The highest BCUT2D eigenvalue weighted by atomic mass is 79.9. The van der Waals surface area contributed by atoms with Crippen molar-refractivity contribution in [2.75, 3.05) is 26.9 Å². The molecule has 3 aromatic rings. The van der Waals surface area contributed by atoms with Crippen LogP contribution in [0.15, 0.2) is 60.3 Å². The van der Waals surface area contributed by atoms with Crippen LogP contribution in [-0.4, -0.2) is 43.4 Å². The Morgan fingerprint density at radius 3 is 2.39 bits per heavy atom. The number of methoxy groups -OCH3 is 1. The molecule has 1 atom stereocenters. The number of hydrogen-bond donors (Lipinski definition) is 0. The molecule has 0 radical (unpaired) electrons. The Hall–Kier alpha value is -3.22. The predicted molar refractivity (Wildman–Crippen MR) is 162 cm³/mol. The van der Waals surface area contributed by atoms with Crippen LogP contribution in [0, 0.1) is 6.92 Å². The van der Waals surface area contributed by atoms with Gasteiger partial charge in [0.25, 0.3) is 5.56 Å². The van der Waals surface area contributed by atoms with Crippen LogP contribution in [0.1, 0.15) is 43.5 Å². The smallest absolute Gasteiger partial charge is 0.343 e. The summed E-state index contributed by atoms with van der Waals surface area (Å²) in [6.45, 7) is 7.42. The van der Waals surface area contributed by atoms with Crippen molar-refractivity contribution >= 4 is 61.2 Å². The number of benzene rings is 2. The summed E-state index contributed by atoms with van der Waals surface area (Å²) in [4.78, 5) is 43.9. The number of halogens is 2. The maximum atomic E-state index is 13.9. The minimum Gasteiger partial charge on any atom is -0.490 e. The fraction of sp³-hybridized carbons (Fsp3) is 0.310. The number of allylic oxidation sites excluding steroid dienone is 1. The van der Waals surface area contributed by atoms with Gasteiger partial charge in [-0.05, 0) is 74.7 Å². The number of rotatable bonds is 9. The van der Waals surface area contributed by atoms with E-state index in [9.17, 15) is 14.4 Å². The van der Waals surface area contributed by atoms with Gasteiger partial charge >= 0.3 is 11.9 Å². The molecular formula is C29H28Br2N2O7S.